The summed E-state index contributed by atoms with van der Waals surface area (Å²) < 4.78 is 5.09. The molecule has 0 bridgehead atoms. The van der Waals surface area contributed by atoms with E-state index in [0.717, 1.165) is 5.56 Å². The van der Waals surface area contributed by atoms with E-state index in [1.165, 1.54) is 0 Å². The zero-order valence-electron chi connectivity index (χ0n) is 13.0. The van der Waals surface area contributed by atoms with Crippen LogP contribution in [-0.4, -0.2) is 30.4 Å². The lowest BCUT2D eigenvalue weighted by Crippen LogP contribution is -2.52. The van der Waals surface area contributed by atoms with Crippen LogP contribution in [0.2, 0.25) is 0 Å². The summed E-state index contributed by atoms with van der Waals surface area (Å²) in [5.74, 6) is -0.547. The zero-order chi connectivity index (χ0) is 16.5. The van der Waals surface area contributed by atoms with E-state index in [4.69, 9.17) is 4.74 Å². The van der Waals surface area contributed by atoms with Crippen LogP contribution in [0.3, 0.4) is 0 Å². The van der Waals surface area contributed by atoms with Gasteiger partial charge in [0.2, 0.25) is 5.91 Å². The number of ether oxygens (including phenoxy) is 1. The van der Waals surface area contributed by atoms with Crippen LogP contribution in [0.15, 0.2) is 30.3 Å². The van der Waals surface area contributed by atoms with Crippen molar-refractivity contribution < 1.29 is 19.1 Å². The summed E-state index contributed by atoms with van der Waals surface area (Å²) in [6.45, 7) is 5.29. The van der Waals surface area contributed by atoms with Crippen LogP contribution < -0.4 is 10.6 Å². The van der Waals surface area contributed by atoms with Crippen molar-refractivity contribution in [1.82, 2.24) is 10.6 Å². The quantitative estimate of drug-likeness (QED) is 0.750. The largest absolute Gasteiger partial charge is 0.445 e. The molecule has 1 aromatic carbocycles. The van der Waals surface area contributed by atoms with Gasteiger partial charge >= 0.3 is 6.09 Å². The highest BCUT2D eigenvalue weighted by atomic mass is 16.5. The van der Waals surface area contributed by atoms with Crippen molar-refractivity contribution in [1.29, 1.82) is 0 Å². The minimum Gasteiger partial charge on any atom is -0.445 e. The second kappa shape index (κ2) is 8.81. The van der Waals surface area contributed by atoms with E-state index in [-0.39, 0.29) is 12.5 Å². The van der Waals surface area contributed by atoms with Crippen molar-refractivity contribution in [3.05, 3.63) is 35.9 Å². The third-order valence-corrected chi connectivity index (χ3v) is 3.01. The monoisotopic (exact) mass is 306 g/mol. The molecule has 0 saturated heterocycles. The van der Waals surface area contributed by atoms with Crippen LogP contribution in [0.25, 0.3) is 0 Å². The van der Waals surface area contributed by atoms with E-state index in [2.05, 4.69) is 10.6 Å². The lowest BCUT2D eigenvalue weighted by Gasteiger charge is -2.22. The first-order chi connectivity index (χ1) is 10.4. The van der Waals surface area contributed by atoms with Gasteiger partial charge in [-0.05, 0) is 18.4 Å². The molecule has 1 aromatic rings. The highest BCUT2D eigenvalue weighted by Crippen LogP contribution is 2.05. The average Bonchev–Trinajstić information content (AvgIpc) is 2.51. The van der Waals surface area contributed by atoms with Gasteiger partial charge < -0.3 is 20.2 Å². The Hall–Kier alpha value is -2.37. The molecule has 0 aliphatic carbocycles. The van der Waals surface area contributed by atoms with Gasteiger partial charge in [0.25, 0.3) is 0 Å². The van der Waals surface area contributed by atoms with Crippen molar-refractivity contribution in [3.63, 3.8) is 0 Å². The number of rotatable bonds is 7. The summed E-state index contributed by atoms with van der Waals surface area (Å²) >= 11 is 0. The maximum Gasteiger partial charge on any atom is 0.408 e. The second-order valence-electron chi connectivity index (χ2n) is 5.36. The summed E-state index contributed by atoms with van der Waals surface area (Å²) in [6, 6.07) is 7.89. The molecule has 120 valence electrons. The van der Waals surface area contributed by atoms with Gasteiger partial charge in [-0.15, -0.1) is 0 Å². The number of hydrogen-bond donors (Lipinski definition) is 2. The Balaban J connectivity index is 2.53. The van der Waals surface area contributed by atoms with E-state index in [9.17, 15) is 14.4 Å². The Morgan fingerprint density at radius 2 is 1.77 bits per heavy atom. The van der Waals surface area contributed by atoms with Gasteiger partial charge in [-0.1, -0.05) is 44.2 Å². The average molecular weight is 306 g/mol. The van der Waals surface area contributed by atoms with Crippen molar-refractivity contribution in [2.24, 2.45) is 5.92 Å². The molecule has 0 aliphatic rings. The maximum atomic E-state index is 12.0. The van der Waals surface area contributed by atoms with Crippen molar-refractivity contribution >= 4 is 18.3 Å². The van der Waals surface area contributed by atoms with Gasteiger partial charge in [0.05, 0.1) is 6.04 Å². The molecule has 0 aromatic heterocycles. The standard InChI is InChI=1S/C16H22N2O4/c1-11(2)14(15(20)17-12(3)9-19)18-16(21)22-10-13-7-5-4-6-8-13/h4-9,11-12,14H,10H2,1-3H3,(H,17,20)(H,18,21)/t12-,14-/m0/s1. The predicted molar refractivity (Wildman–Crippen MR) is 82.1 cm³/mol. The van der Waals surface area contributed by atoms with E-state index in [1.807, 2.05) is 30.3 Å². The number of amides is 2. The van der Waals surface area contributed by atoms with E-state index < -0.39 is 24.1 Å². The molecule has 6 nitrogen and oxygen atoms in total. The Morgan fingerprint density at radius 3 is 2.32 bits per heavy atom. The molecule has 22 heavy (non-hydrogen) atoms. The highest BCUT2D eigenvalue weighted by Gasteiger charge is 2.25. The number of hydrogen-bond acceptors (Lipinski definition) is 4. The second-order valence-corrected chi connectivity index (χ2v) is 5.36. The smallest absolute Gasteiger partial charge is 0.408 e. The summed E-state index contributed by atoms with van der Waals surface area (Å²) in [7, 11) is 0. The lowest BCUT2D eigenvalue weighted by atomic mass is 10.0. The molecule has 0 saturated carbocycles. The maximum absolute atomic E-state index is 12.0. The third-order valence-electron chi connectivity index (χ3n) is 3.01. The molecule has 0 aliphatic heterocycles. The first-order valence-corrected chi connectivity index (χ1v) is 7.17. The molecular formula is C16H22N2O4. The molecular weight excluding hydrogens is 284 g/mol. The highest BCUT2D eigenvalue weighted by molar-refractivity contribution is 5.87. The fourth-order valence-corrected chi connectivity index (χ4v) is 1.77. The first kappa shape index (κ1) is 17.7. The normalized spacial score (nSPS) is 13.1. The molecule has 0 heterocycles. The van der Waals surface area contributed by atoms with Crippen molar-refractivity contribution in [2.45, 2.75) is 39.5 Å². The third kappa shape index (κ3) is 5.95. The van der Waals surface area contributed by atoms with Crippen molar-refractivity contribution in [3.8, 4) is 0 Å². The Bertz CT molecular complexity index is 502. The van der Waals surface area contributed by atoms with E-state index >= 15 is 0 Å². The van der Waals surface area contributed by atoms with Gasteiger partial charge in [0.1, 0.15) is 18.9 Å². The molecule has 0 radical (unpaired) electrons. The summed E-state index contributed by atoms with van der Waals surface area (Å²) in [4.78, 5) is 34.4. The van der Waals surface area contributed by atoms with Crippen molar-refractivity contribution in [2.75, 3.05) is 0 Å². The molecule has 2 amide bonds. The number of benzene rings is 1. The topological polar surface area (TPSA) is 84.5 Å². The van der Waals surface area contributed by atoms with Crippen LogP contribution in [0.1, 0.15) is 26.3 Å². The zero-order valence-corrected chi connectivity index (χ0v) is 13.0. The van der Waals surface area contributed by atoms with E-state index in [0.29, 0.717) is 6.29 Å². The molecule has 1 rings (SSSR count). The van der Waals surface area contributed by atoms with Crippen LogP contribution in [-0.2, 0) is 20.9 Å². The van der Waals surface area contributed by atoms with Gasteiger partial charge in [-0.2, -0.15) is 0 Å². The first-order valence-electron chi connectivity index (χ1n) is 7.17. The number of nitrogens with one attached hydrogen (secondary N) is 2. The minimum atomic E-state index is -0.759. The molecule has 6 heteroatoms. The number of carbonyl (C=O) groups excluding carboxylic acids is 3. The Labute approximate surface area is 130 Å². The van der Waals surface area contributed by atoms with Crippen LogP contribution in [0, 0.1) is 5.92 Å². The number of aldehydes is 1. The molecule has 2 atom stereocenters. The Kier molecular flexibility index (Phi) is 7.08. The van der Waals surface area contributed by atoms with Gasteiger partial charge in [0, 0.05) is 0 Å². The van der Waals surface area contributed by atoms with Gasteiger partial charge in [0.15, 0.2) is 0 Å². The SMILES string of the molecule is CC(C)[C@H](NC(=O)OCc1ccccc1)C(=O)N[C@@H](C)C=O. The van der Waals surface area contributed by atoms with Crippen LogP contribution in [0.4, 0.5) is 4.79 Å². The molecule has 0 unspecified atom stereocenters. The summed E-state index contributed by atoms with van der Waals surface area (Å²) in [6.07, 6.45) is -0.0420. The number of alkyl carbamates (subject to hydrolysis) is 1. The summed E-state index contributed by atoms with van der Waals surface area (Å²) in [5, 5.41) is 5.04. The number of carbonyl (C=O) groups is 3. The van der Waals surface area contributed by atoms with Crippen LogP contribution >= 0.6 is 0 Å². The Morgan fingerprint density at radius 1 is 1.14 bits per heavy atom. The van der Waals surface area contributed by atoms with Gasteiger partial charge in [-0.25, -0.2) is 4.79 Å². The summed E-state index contributed by atoms with van der Waals surface area (Å²) in [5.41, 5.74) is 0.859. The fraction of sp³-hybridized carbons (Fsp3) is 0.438. The fourth-order valence-electron chi connectivity index (χ4n) is 1.77. The lowest BCUT2D eigenvalue weighted by molar-refractivity contribution is -0.126. The predicted octanol–water partition coefficient (Wildman–Crippen LogP) is 1.64. The molecule has 0 fully saturated rings. The molecule has 0 spiro atoms. The van der Waals surface area contributed by atoms with Crippen LogP contribution in [0.5, 0.6) is 0 Å². The van der Waals surface area contributed by atoms with E-state index in [1.54, 1.807) is 20.8 Å². The minimum absolute atomic E-state index is 0.129. The van der Waals surface area contributed by atoms with Gasteiger partial charge in [-0.3, -0.25) is 4.79 Å². The molecule has 2 N–H and O–H groups in total.